The summed E-state index contributed by atoms with van der Waals surface area (Å²) in [7, 11) is 1.84. The molecule has 4 N–H and O–H groups in total. The molecule has 5 heteroatoms. The monoisotopic (exact) mass is 295 g/mol. The smallest absolute Gasteiger partial charge is 0.269 e. The van der Waals surface area contributed by atoms with E-state index in [1.807, 2.05) is 20.9 Å². The summed E-state index contributed by atoms with van der Waals surface area (Å²) in [5.74, 6) is 0.587. The van der Waals surface area contributed by atoms with E-state index in [4.69, 9.17) is 5.41 Å². The van der Waals surface area contributed by atoms with E-state index in [2.05, 4.69) is 17.6 Å². The van der Waals surface area contributed by atoms with Crippen LogP contribution in [0.1, 0.15) is 46.5 Å². The third-order valence-electron chi connectivity index (χ3n) is 3.95. The van der Waals surface area contributed by atoms with Crippen molar-refractivity contribution in [1.29, 1.82) is 5.41 Å². The van der Waals surface area contributed by atoms with Crippen molar-refractivity contribution in [3.8, 4) is 0 Å². The summed E-state index contributed by atoms with van der Waals surface area (Å²) in [4.78, 5) is 12.2. The quantitative estimate of drug-likeness (QED) is 0.541. The zero-order chi connectivity index (χ0) is 16.0. The molecule has 5 nitrogen and oxygen atoms in total. The molecule has 0 bridgehead atoms. The summed E-state index contributed by atoms with van der Waals surface area (Å²) >= 11 is 0. The predicted octanol–water partition coefficient (Wildman–Crippen LogP) is 1.82. The van der Waals surface area contributed by atoms with Crippen molar-refractivity contribution in [2.75, 3.05) is 13.7 Å². The molecule has 0 aliphatic heterocycles. The number of carbonyl (C=O) groups is 1. The van der Waals surface area contributed by atoms with Gasteiger partial charge < -0.3 is 15.7 Å². The molecule has 0 aromatic heterocycles. The molecule has 0 saturated heterocycles. The number of rotatable bonds is 7. The SMILES string of the molecule is CNC1=C(C(=N)C(=O)NC(CO)CC(C)C)CCC(C)C1. The van der Waals surface area contributed by atoms with Crippen LogP contribution in [-0.2, 0) is 4.79 Å². The second kappa shape index (κ2) is 8.17. The highest BCUT2D eigenvalue weighted by Crippen LogP contribution is 2.28. The Morgan fingerprint density at radius 3 is 2.67 bits per heavy atom. The molecule has 0 heterocycles. The first kappa shape index (κ1) is 17.7. The second-order valence-electron chi connectivity index (χ2n) is 6.41. The largest absolute Gasteiger partial charge is 0.394 e. The molecule has 0 radical (unpaired) electrons. The Kier molecular flexibility index (Phi) is 6.89. The van der Waals surface area contributed by atoms with Gasteiger partial charge in [-0.1, -0.05) is 20.8 Å². The molecular weight excluding hydrogens is 266 g/mol. The first-order chi connectivity index (χ1) is 9.88. The highest BCUT2D eigenvalue weighted by Gasteiger charge is 2.25. The van der Waals surface area contributed by atoms with Crippen LogP contribution in [0.3, 0.4) is 0 Å². The van der Waals surface area contributed by atoms with E-state index in [0.29, 0.717) is 18.3 Å². The fraction of sp³-hybridized carbons (Fsp3) is 0.750. The summed E-state index contributed by atoms with van der Waals surface area (Å²) in [5, 5.41) is 23.4. The number of nitrogens with one attached hydrogen (secondary N) is 3. The average Bonchev–Trinajstić information content (AvgIpc) is 2.44. The maximum atomic E-state index is 12.2. The predicted molar refractivity (Wildman–Crippen MR) is 85.3 cm³/mol. The Morgan fingerprint density at radius 1 is 1.48 bits per heavy atom. The van der Waals surface area contributed by atoms with E-state index in [-0.39, 0.29) is 24.3 Å². The van der Waals surface area contributed by atoms with E-state index in [1.165, 1.54) is 0 Å². The maximum absolute atomic E-state index is 12.2. The van der Waals surface area contributed by atoms with Crippen LogP contribution >= 0.6 is 0 Å². The highest BCUT2D eigenvalue weighted by atomic mass is 16.3. The van der Waals surface area contributed by atoms with Gasteiger partial charge in [-0.2, -0.15) is 0 Å². The molecule has 1 aliphatic carbocycles. The summed E-state index contributed by atoms with van der Waals surface area (Å²) < 4.78 is 0. The van der Waals surface area contributed by atoms with Gasteiger partial charge in [0, 0.05) is 18.3 Å². The fourth-order valence-electron chi connectivity index (χ4n) is 2.79. The average molecular weight is 295 g/mol. The van der Waals surface area contributed by atoms with Crippen molar-refractivity contribution in [3.63, 3.8) is 0 Å². The van der Waals surface area contributed by atoms with Crippen LogP contribution in [0.2, 0.25) is 0 Å². The first-order valence-corrected chi connectivity index (χ1v) is 7.79. The van der Waals surface area contributed by atoms with Crippen LogP contribution in [0.25, 0.3) is 0 Å². The number of hydrogen-bond acceptors (Lipinski definition) is 4. The standard InChI is InChI=1S/C16H29N3O2/c1-10(2)7-12(9-20)19-16(21)15(17)13-6-5-11(3)8-14(13)18-4/h10-12,17-18,20H,5-9H2,1-4H3,(H,19,21). The van der Waals surface area contributed by atoms with Gasteiger partial charge in [0.2, 0.25) is 0 Å². The number of allylic oxidation sites excluding steroid dienone is 1. The number of aliphatic hydroxyl groups is 1. The normalized spacial score (nSPS) is 20.4. The summed E-state index contributed by atoms with van der Waals surface area (Å²) in [6.45, 7) is 6.18. The zero-order valence-electron chi connectivity index (χ0n) is 13.6. The van der Waals surface area contributed by atoms with E-state index in [0.717, 1.165) is 30.5 Å². The Morgan fingerprint density at radius 2 is 2.14 bits per heavy atom. The van der Waals surface area contributed by atoms with Gasteiger partial charge in [-0.3, -0.25) is 10.2 Å². The maximum Gasteiger partial charge on any atom is 0.269 e. The van der Waals surface area contributed by atoms with Crippen molar-refractivity contribution < 1.29 is 9.90 Å². The summed E-state index contributed by atoms with van der Waals surface area (Å²) in [5.41, 5.74) is 1.85. The molecule has 0 spiro atoms. The van der Waals surface area contributed by atoms with E-state index < -0.39 is 0 Å². The second-order valence-corrected chi connectivity index (χ2v) is 6.41. The molecular formula is C16H29N3O2. The number of aliphatic hydroxyl groups excluding tert-OH is 1. The minimum absolute atomic E-state index is 0.0356. The van der Waals surface area contributed by atoms with Gasteiger partial charge in [-0.25, -0.2) is 0 Å². The molecule has 2 atom stereocenters. The lowest BCUT2D eigenvalue weighted by Crippen LogP contribution is -2.43. The van der Waals surface area contributed by atoms with Gasteiger partial charge in [0.1, 0.15) is 5.71 Å². The molecule has 1 aliphatic rings. The molecule has 21 heavy (non-hydrogen) atoms. The van der Waals surface area contributed by atoms with Gasteiger partial charge in [0.05, 0.1) is 12.6 Å². The Labute approximate surface area is 127 Å². The third kappa shape index (κ3) is 5.16. The van der Waals surface area contributed by atoms with E-state index in [1.54, 1.807) is 0 Å². The fourth-order valence-corrected chi connectivity index (χ4v) is 2.79. The van der Waals surface area contributed by atoms with Crippen LogP contribution in [-0.4, -0.2) is 36.4 Å². The van der Waals surface area contributed by atoms with Gasteiger partial charge in [0.25, 0.3) is 5.91 Å². The van der Waals surface area contributed by atoms with Crippen LogP contribution in [0, 0.1) is 17.2 Å². The van der Waals surface area contributed by atoms with Crippen molar-refractivity contribution in [3.05, 3.63) is 11.3 Å². The number of carbonyl (C=O) groups excluding carboxylic acids is 1. The third-order valence-corrected chi connectivity index (χ3v) is 3.95. The lowest BCUT2D eigenvalue weighted by molar-refractivity contribution is -0.115. The van der Waals surface area contributed by atoms with Crippen molar-refractivity contribution in [2.24, 2.45) is 11.8 Å². The molecule has 0 aromatic carbocycles. The summed E-state index contributed by atoms with van der Waals surface area (Å²) in [6.07, 6.45) is 3.37. The first-order valence-electron chi connectivity index (χ1n) is 7.79. The molecule has 120 valence electrons. The van der Waals surface area contributed by atoms with Gasteiger partial charge in [-0.15, -0.1) is 0 Å². The van der Waals surface area contributed by atoms with Gasteiger partial charge >= 0.3 is 0 Å². The number of hydrogen-bond donors (Lipinski definition) is 4. The molecule has 1 amide bonds. The molecule has 1 rings (SSSR count). The molecule has 0 aromatic rings. The van der Waals surface area contributed by atoms with Gasteiger partial charge in [0.15, 0.2) is 0 Å². The van der Waals surface area contributed by atoms with E-state index >= 15 is 0 Å². The zero-order valence-corrected chi connectivity index (χ0v) is 13.6. The Balaban J connectivity index is 2.75. The minimum Gasteiger partial charge on any atom is -0.394 e. The van der Waals surface area contributed by atoms with Crippen molar-refractivity contribution in [2.45, 2.75) is 52.5 Å². The Bertz CT molecular complexity index is 416. The molecule has 0 saturated carbocycles. The number of amides is 1. The topological polar surface area (TPSA) is 85.2 Å². The van der Waals surface area contributed by atoms with E-state index in [9.17, 15) is 9.90 Å². The highest BCUT2D eigenvalue weighted by molar-refractivity contribution is 6.44. The lowest BCUT2D eigenvalue weighted by atomic mass is 9.86. The van der Waals surface area contributed by atoms with Crippen LogP contribution in [0.4, 0.5) is 0 Å². The molecule has 2 unspecified atom stereocenters. The van der Waals surface area contributed by atoms with Crippen molar-refractivity contribution in [1.82, 2.24) is 10.6 Å². The Hall–Kier alpha value is -1.36. The minimum atomic E-state index is -0.382. The summed E-state index contributed by atoms with van der Waals surface area (Å²) in [6, 6.07) is -0.279. The molecule has 0 fully saturated rings. The van der Waals surface area contributed by atoms with Crippen LogP contribution < -0.4 is 10.6 Å². The van der Waals surface area contributed by atoms with Crippen molar-refractivity contribution >= 4 is 11.6 Å². The van der Waals surface area contributed by atoms with Crippen LogP contribution in [0.5, 0.6) is 0 Å². The van der Waals surface area contributed by atoms with Gasteiger partial charge in [-0.05, 0) is 37.5 Å². The van der Waals surface area contributed by atoms with Crippen LogP contribution in [0.15, 0.2) is 11.3 Å². The lowest BCUT2D eigenvalue weighted by Gasteiger charge is -2.26.